The molecule has 0 radical (unpaired) electrons. The summed E-state index contributed by atoms with van der Waals surface area (Å²) in [5, 5.41) is 10.7. The monoisotopic (exact) mass is 1580 g/mol. The van der Waals surface area contributed by atoms with Crippen LogP contribution < -0.4 is 0 Å². The van der Waals surface area contributed by atoms with Gasteiger partial charge in [0, 0.05) is 25.7 Å². The van der Waals surface area contributed by atoms with E-state index in [9.17, 15) is 43.2 Å². The summed E-state index contributed by atoms with van der Waals surface area (Å²) in [6.07, 6.45) is 73.8. The molecule has 0 aromatic carbocycles. The van der Waals surface area contributed by atoms with E-state index in [2.05, 4.69) is 41.5 Å². The number of hydrogen-bond acceptors (Lipinski definition) is 15. The SMILES string of the molecule is CCCCCCCCCCCCCCCCCCCCCCCCC(=O)OC[C@H](COP(=O)(O)OC[C@@H](O)COP(=O)(O)OC[C@@H](COC(=O)CCCCCCCCCCC(C)CC)OC(=O)CCCCCCCCCCC(C)CC)OC(=O)CCCCCCCCCCCCCCCCCCCCCCCC. The lowest BCUT2D eigenvalue weighted by Crippen LogP contribution is -2.30. The minimum absolute atomic E-state index is 0.105. The van der Waals surface area contributed by atoms with Crippen LogP contribution in [0.4, 0.5) is 0 Å². The van der Waals surface area contributed by atoms with E-state index in [1.54, 1.807) is 0 Å². The number of carbonyl (C=O) groups is 4. The molecular weight excluding hydrogens is 1400 g/mol. The number of esters is 4. The number of ether oxygens (including phenoxy) is 4. The van der Waals surface area contributed by atoms with Gasteiger partial charge in [-0.15, -0.1) is 0 Å². The highest BCUT2D eigenvalue weighted by Gasteiger charge is 2.31. The van der Waals surface area contributed by atoms with E-state index in [1.165, 1.54) is 295 Å². The Morgan fingerprint density at radius 2 is 0.444 bits per heavy atom. The Bertz CT molecular complexity index is 2070. The Morgan fingerprint density at radius 3 is 0.657 bits per heavy atom. The van der Waals surface area contributed by atoms with Crippen molar-refractivity contribution in [1.29, 1.82) is 0 Å². The highest BCUT2D eigenvalue weighted by molar-refractivity contribution is 7.47. The van der Waals surface area contributed by atoms with Crippen LogP contribution in [0.25, 0.3) is 0 Å². The van der Waals surface area contributed by atoms with Crippen LogP contribution in [0.3, 0.4) is 0 Å². The summed E-state index contributed by atoms with van der Waals surface area (Å²) in [5.74, 6) is -0.557. The topological polar surface area (TPSA) is 237 Å². The van der Waals surface area contributed by atoms with Crippen LogP contribution >= 0.6 is 15.6 Å². The normalized spacial score (nSPS) is 14.3. The number of carbonyl (C=O) groups excluding carboxylic acids is 4. The summed E-state index contributed by atoms with van der Waals surface area (Å²) >= 11 is 0. The lowest BCUT2D eigenvalue weighted by Gasteiger charge is -2.21. The van der Waals surface area contributed by atoms with Gasteiger partial charge < -0.3 is 33.8 Å². The highest BCUT2D eigenvalue weighted by Crippen LogP contribution is 2.45. The molecule has 3 N–H and O–H groups in total. The van der Waals surface area contributed by atoms with Gasteiger partial charge in [-0.1, -0.05) is 427 Å². The summed E-state index contributed by atoms with van der Waals surface area (Å²) < 4.78 is 69.0. The molecule has 0 saturated carbocycles. The van der Waals surface area contributed by atoms with Crippen molar-refractivity contribution in [3.63, 3.8) is 0 Å². The molecule has 0 aromatic rings. The summed E-state index contributed by atoms with van der Waals surface area (Å²) in [5.41, 5.74) is 0. The fraction of sp³-hybridized carbons (Fsp3) is 0.955. The Hall–Kier alpha value is -1.94. The van der Waals surface area contributed by atoms with Crippen molar-refractivity contribution in [2.75, 3.05) is 39.6 Å². The molecule has 17 nitrogen and oxygen atoms in total. The van der Waals surface area contributed by atoms with Gasteiger partial charge >= 0.3 is 39.5 Å². The summed E-state index contributed by atoms with van der Waals surface area (Å²) in [4.78, 5) is 73.3. The molecule has 642 valence electrons. The van der Waals surface area contributed by atoms with Gasteiger partial charge in [0.1, 0.15) is 19.3 Å². The molecule has 7 atom stereocenters. The second-order valence-electron chi connectivity index (χ2n) is 32.5. The maximum atomic E-state index is 13.2. The van der Waals surface area contributed by atoms with E-state index in [4.69, 9.17) is 37.0 Å². The van der Waals surface area contributed by atoms with Crippen LogP contribution in [-0.2, 0) is 65.4 Å². The zero-order valence-electron chi connectivity index (χ0n) is 71.2. The number of unbranched alkanes of at least 4 members (excludes halogenated alkanes) is 56. The van der Waals surface area contributed by atoms with Crippen molar-refractivity contribution in [2.45, 2.75) is 496 Å². The maximum absolute atomic E-state index is 13.2. The number of rotatable bonds is 88. The van der Waals surface area contributed by atoms with Crippen LogP contribution in [0.5, 0.6) is 0 Å². The van der Waals surface area contributed by atoms with E-state index >= 15 is 0 Å². The van der Waals surface area contributed by atoms with E-state index < -0.39 is 97.5 Å². The van der Waals surface area contributed by atoms with E-state index in [-0.39, 0.29) is 25.7 Å². The summed E-state index contributed by atoms with van der Waals surface area (Å²) in [6, 6.07) is 0. The fourth-order valence-corrected chi connectivity index (χ4v) is 15.5. The summed E-state index contributed by atoms with van der Waals surface area (Å²) in [6.45, 7) is 9.67. The molecule has 0 amide bonds. The second kappa shape index (κ2) is 80.3. The van der Waals surface area contributed by atoms with Crippen molar-refractivity contribution in [3.8, 4) is 0 Å². The third-order valence-corrected chi connectivity index (χ3v) is 23.6. The van der Waals surface area contributed by atoms with E-state index in [1.807, 2.05) is 0 Å². The molecule has 0 saturated heterocycles. The van der Waals surface area contributed by atoms with Gasteiger partial charge in [0.15, 0.2) is 12.2 Å². The first kappa shape index (κ1) is 106. The molecule has 4 unspecified atom stereocenters. The van der Waals surface area contributed by atoms with Crippen molar-refractivity contribution < 1.29 is 80.2 Å². The third-order valence-electron chi connectivity index (χ3n) is 21.7. The van der Waals surface area contributed by atoms with Crippen LogP contribution in [0, 0.1) is 11.8 Å². The molecule has 0 bridgehead atoms. The Balaban J connectivity index is 5.21. The average molecular weight is 1580 g/mol. The molecule has 108 heavy (non-hydrogen) atoms. The van der Waals surface area contributed by atoms with Crippen LogP contribution in [0.15, 0.2) is 0 Å². The van der Waals surface area contributed by atoms with Crippen LogP contribution in [-0.4, -0.2) is 96.7 Å². The average Bonchev–Trinajstić information content (AvgIpc) is 0.901. The van der Waals surface area contributed by atoms with Gasteiger partial charge in [0.2, 0.25) is 0 Å². The predicted octanol–water partition coefficient (Wildman–Crippen LogP) is 27.4. The molecule has 0 aromatic heterocycles. The molecule has 0 aliphatic carbocycles. The standard InChI is InChI=1S/C89H174O17P2/c1-7-11-13-15-17-19-21-23-25-27-29-31-33-35-37-39-41-43-45-53-59-65-71-86(91)99-77-84(105-88(93)73-67-61-55-46-44-42-40-38-36-34-32-30-28-26-24-22-20-18-16-14-12-8-2)79-103-107(95,96)101-75-83(90)76-102-108(97,98)104-80-85(106-89(94)74-68-62-56-50-48-52-58-64-70-82(6)10-4)78-100-87(92)72-66-60-54-49-47-51-57-63-69-81(5)9-3/h81-85,90H,7-80H2,1-6H3,(H,95,96)(H,97,98)/t81?,82?,83-,84-,85-/m1/s1. The first-order valence-electron chi connectivity index (χ1n) is 46.1. The van der Waals surface area contributed by atoms with Gasteiger partial charge in [-0.05, 0) is 37.5 Å². The van der Waals surface area contributed by atoms with Crippen LogP contribution in [0.1, 0.15) is 478 Å². The molecule has 0 fully saturated rings. The number of phosphoric acid groups is 2. The molecule has 0 aliphatic rings. The van der Waals surface area contributed by atoms with Gasteiger partial charge in [-0.25, -0.2) is 9.13 Å². The smallest absolute Gasteiger partial charge is 0.462 e. The van der Waals surface area contributed by atoms with Gasteiger partial charge in [-0.2, -0.15) is 0 Å². The first-order valence-corrected chi connectivity index (χ1v) is 49.1. The minimum atomic E-state index is -4.97. The lowest BCUT2D eigenvalue weighted by molar-refractivity contribution is -0.161. The number of aliphatic hydroxyl groups is 1. The molecule has 19 heteroatoms. The summed E-state index contributed by atoms with van der Waals surface area (Å²) in [7, 11) is -9.93. The first-order chi connectivity index (χ1) is 52.4. The van der Waals surface area contributed by atoms with Crippen molar-refractivity contribution in [3.05, 3.63) is 0 Å². The molecule has 0 spiro atoms. The molecule has 0 aliphatic heterocycles. The zero-order chi connectivity index (χ0) is 79.2. The maximum Gasteiger partial charge on any atom is 0.472 e. The number of hydrogen-bond donors (Lipinski definition) is 3. The van der Waals surface area contributed by atoms with E-state index in [0.29, 0.717) is 25.7 Å². The third kappa shape index (κ3) is 79.3. The van der Waals surface area contributed by atoms with Gasteiger partial charge in [-0.3, -0.25) is 37.3 Å². The Labute approximate surface area is 664 Å². The van der Waals surface area contributed by atoms with Gasteiger partial charge in [0.25, 0.3) is 0 Å². The van der Waals surface area contributed by atoms with Crippen molar-refractivity contribution in [1.82, 2.24) is 0 Å². The Kier molecular flexibility index (Phi) is 78.8. The number of phosphoric ester groups is 2. The predicted molar refractivity (Wildman–Crippen MR) is 446 cm³/mol. The fourth-order valence-electron chi connectivity index (χ4n) is 13.9. The largest absolute Gasteiger partial charge is 0.472 e. The zero-order valence-corrected chi connectivity index (χ0v) is 73.0. The molecule has 0 rings (SSSR count). The Morgan fingerprint density at radius 1 is 0.259 bits per heavy atom. The van der Waals surface area contributed by atoms with Gasteiger partial charge in [0.05, 0.1) is 26.4 Å². The quantitative estimate of drug-likeness (QED) is 0.0222. The van der Waals surface area contributed by atoms with Crippen molar-refractivity contribution >= 4 is 39.5 Å². The second-order valence-corrected chi connectivity index (χ2v) is 35.4. The lowest BCUT2D eigenvalue weighted by atomic mass is 9.99. The minimum Gasteiger partial charge on any atom is -0.462 e. The molecule has 0 heterocycles. The van der Waals surface area contributed by atoms with Crippen LogP contribution in [0.2, 0.25) is 0 Å². The van der Waals surface area contributed by atoms with E-state index in [0.717, 1.165) is 102 Å². The van der Waals surface area contributed by atoms with Crippen molar-refractivity contribution in [2.24, 2.45) is 11.8 Å². The highest BCUT2D eigenvalue weighted by atomic mass is 31.2. The number of aliphatic hydroxyl groups excluding tert-OH is 1. The molecular formula is C89H174O17P2.